The fourth-order valence-electron chi connectivity index (χ4n) is 2.10. The molecular formula is C17H20O3. The van der Waals surface area contributed by atoms with E-state index in [1.165, 1.54) is 5.56 Å². The number of hydrogen-bond acceptors (Lipinski definition) is 3. The Bertz CT molecular complexity index is 624. The van der Waals surface area contributed by atoms with E-state index >= 15 is 0 Å². The van der Waals surface area contributed by atoms with E-state index in [0.717, 1.165) is 17.2 Å². The monoisotopic (exact) mass is 272 g/mol. The summed E-state index contributed by atoms with van der Waals surface area (Å²) in [5.74, 6) is 0.534. The first-order valence-electron chi connectivity index (χ1n) is 6.82. The van der Waals surface area contributed by atoms with Crippen molar-refractivity contribution in [3.8, 4) is 5.75 Å². The predicted octanol–water partition coefficient (Wildman–Crippen LogP) is 4.72. The molecule has 2 aromatic carbocycles. The molecule has 0 atom stereocenters. The van der Waals surface area contributed by atoms with Crippen molar-refractivity contribution in [1.82, 2.24) is 0 Å². The first-order valence-corrected chi connectivity index (χ1v) is 6.82. The van der Waals surface area contributed by atoms with Crippen molar-refractivity contribution in [2.45, 2.75) is 39.7 Å². The van der Waals surface area contributed by atoms with Crippen molar-refractivity contribution in [1.29, 1.82) is 0 Å². The number of fused-ring (bicyclic) bond motifs is 1. The fraction of sp³-hybridized carbons (Fsp3) is 0.353. The topological polar surface area (TPSA) is 35.5 Å². The van der Waals surface area contributed by atoms with Crippen LogP contribution in [0.5, 0.6) is 5.75 Å². The maximum atomic E-state index is 11.8. The molecule has 0 aromatic heterocycles. The van der Waals surface area contributed by atoms with Crippen molar-refractivity contribution in [3.63, 3.8) is 0 Å². The van der Waals surface area contributed by atoms with Gasteiger partial charge in [-0.05, 0) is 44.2 Å². The number of ether oxygens (including phenoxy) is 2. The van der Waals surface area contributed by atoms with Gasteiger partial charge in [0.25, 0.3) is 0 Å². The highest BCUT2D eigenvalue weighted by Crippen LogP contribution is 2.28. The minimum atomic E-state index is -0.674. The molecule has 0 aliphatic heterocycles. The van der Waals surface area contributed by atoms with Crippen LogP contribution in [0, 0.1) is 0 Å². The Labute approximate surface area is 119 Å². The Morgan fingerprint density at radius 3 is 2.35 bits per heavy atom. The molecule has 2 rings (SSSR count). The van der Waals surface area contributed by atoms with Crippen molar-refractivity contribution < 1.29 is 14.3 Å². The van der Waals surface area contributed by atoms with Crippen LogP contribution in [0.4, 0.5) is 4.79 Å². The number of carbonyl (C=O) groups is 1. The zero-order valence-corrected chi connectivity index (χ0v) is 12.4. The smallest absolute Gasteiger partial charge is 0.428 e. The van der Waals surface area contributed by atoms with Gasteiger partial charge in [-0.3, -0.25) is 0 Å². The number of benzene rings is 2. The van der Waals surface area contributed by atoms with Gasteiger partial charge in [-0.1, -0.05) is 37.3 Å². The van der Waals surface area contributed by atoms with E-state index in [2.05, 4.69) is 13.0 Å². The lowest BCUT2D eigenvalue weighted by Crippen LogP contribution is -2.26. The minimum absolute atomic E-state index is 0.534. The molecule has 0 aliphatic rings. The van der Waals surface area contributed by atoms with Gasteiger partial charge in [0.1, 0.15) is 11.4 Å². The van der Waals surface area contributed by atoms with E-state index in [9.17, 15) is 4.79 Å². The summed E-state index contributed by atoms with van der Waals surface area (Å²) in [6, 6.07) is 11.7. The molecule has 0 saturated heterocycles. The fourth-order valence-corrected chi connectivity index (χ4v) is 2.10. The second-order valence-electron chi connectivity index (χ2n) is 5.69. The molecule has 106 valence electrons. The number of hydrogen-bond donors (Lipinski definition) is 0. The summed E-state index contributed by atoms with van der Waals surface area (Å²) in [5.41, 5.74) is 0.674. The van der Waals surface area contributed by atoms with Crippen LogP contribution in [0.2, 0.25) is 0 Å². The molecule has 0 saturated carbocycles. The molecule has 0 radical (unpaired) electrons. The molecule has 0 aliphatic carbocycles. The van der Waals surface area contributed by atoms with Crippen LogP contribution < -0.4 is 4.74 Å². The van der Waals surface area contributed by atoms with Crippen molar-refractivity contribution in [2.75, 3.05) is 0 Å². The molecule has 0 amide bonds. The van der Waals surface area contributed by atoms with Gasteiger partial charge in [0.15, 0.2) is 0 Å². The lowest BCUT2D eigenvalue weighted by Gasteiger charge is -2.19. The molecule has 0 bridgehead atoms. The second-order valence-corrected chi connectivity index (χ2v) is 5.69. The zero-order chi connectivity index (χ0) is 14.8. The van der Waals surface area contributed by atoms with Crippen molar-refractivity contribution >= 4 is 16.9 Å². The van der Waals surface area contributed by atoms with E-state index in [0.29, 0.717) is 5.75 Å². The average molecular weight is 272 g/mol. The van der Waals surface area contributed by atoms with Gasteiger partial charge in [-0.15, -0.1) is 0 Å². The molecule has 3 heteroatoms. The van der Waals surface area contributed by atoms with Gasteiger partial charge in [0.2, 0.25) is 0 Å². The van der Waals surface area contributed by atoms with E-state index in [-0.39, 0.29) is 0 Å². The van der Waals surface area contributed by atoms with Crippen LogP contribution in [0.15, 0.2) is 36.4 Å². The Morgan fingerprint density at radius 1 is 1.05 bits per heavy atom. The minimum Gasteiger partial charge on any atom is -0.428 e. The maximum Gasteiger partial charge on any atom is 0.514 e. The lowest BCUT2D eigenvalue weighted by molar-refractivity contribution is 0.0209. The molecule has 20 heavy (non-hydrogen) atoms. The Morgan fingerprint density at radius 2 is 1.70 bits per heavy atom. The van der Waals surface area contributed by atoms with Gasteiger partial charge in [0.05, 0.1) is 0 Å². The summed E-state index contributed by atoms with van der Waals surface area (Å²) in [4.78, 5) is 11.8. The largest absolute Gasteiger partial charge is 0.514 e. The summed E-state index contributed by atoms with van der Waals surface area (Å²) in [5, 5.41) is 2.04. The third-order valence-corrected chi connectivity index (χ3v) is 2.94. The van der Waals surface area contributed by atoms with Crippen LogP contribution >= 0.6 is 0 Å². The van der Waals surface area contributed by atoms with Gasteiger partial charge < -0.3 is 9.47 Å². The third-order valence-electron chi connectivity index (χ3n) is 2.94. The van der Waals surface area contributed by atoms with E-state index in [1.54, 1.807) is 6.07 Å². The highest BCUT2D eigenvalue weighted by Gasteiger charge is 2.18. The molecule has 3 nitrogen and oxygen atoms in total. The van der Waals surface area contributed by atoms with Crippen LogP contribution in [0.3, 0.4) is 0 Å². The summed E-state index contributed by atoms with van der Waals surface area (Å²) >= 11 is 0. The highest BCUT2D eigenvalue weighted by molar-refractivity contribution is 5.92. The number of aryl methyl sites for hydroxylation is 1. The number of rotatable bonds is 2. The Kier molecular flexibility index (Phi) is 3.98. The molecule has 0 heterocycles. The number of carbonyl (C=O) groups excluding carboxylic acids is 1. The standard InChI is InChI=1S/C17H20O3/c1-5-12-8-6-10-14-13(12)9-7-11-15(14)19-16(18)20-17(2,3)4/h6-11H,5H2,1-4H3. The van der Waals surface area contributed by atoms with Gasteiger partial charge in [0, 0.05) is 5.39 Å². The van der Waals surface area contributed by atoms with Gasteiger partial charge in [-0.2, -0.15) is 0 Å². The normalized spacial score (nSPS) is 11.4. The second kappa shape index (κ2) is 5.53. The van der Waals surface area contributed by atoms with Crippen molar-refractivity contribution in [2.24, 2.45) is 0 Å². The van der Waals surface area contributed by atoms with Crippen LogP contribution in [-0.4, -0.2) is 11.8 Å². The first kappa shape index (κ1) is 14.4. The first-order chi connectivity index (χ1) is 9.40. The highest BCUT2D eigenvalue weighted by atomic mass is 16.7. The molecule has 0 unspecified atom stereocenters. The van der Waals surface area contributed by atoms with E-state index in [1.807, 2.05) is 45.0 Å². The van der Waals surface area contributed by atoms with Crippen LogP contribution in [0.25, 0.3) is 10.8 Å². The van der Waals surface area contributed by atoms with E-state index in [4.69, 9.17) is 9.47 Å². The third kappa shape index (κ3) is 3.29. The maximum absolute atomic E-state index is 11.8. The van der Waals surface area contributed by atoms with Gasteiger partial charge in [-0.25, -0.2) is 4.79 Å². The lowest BCUT2D eigenvalue weighted by atomic mass is 10.0. The summed E-state index contributed by atoms with van der Waals surface area (Å²) in [6.45, 7) is 7.54. The predicted molar refractivity (Wildman–Crippen MR) is 80.2 cm³/mol. The van der Waals surface area contributed by atoms with Crippen LogP contribution in [0.1, 0.15) is 33.3 Å². The molecule has 0 N–H and O–H groups in total. The molecule has 2 aromatic rings. The van der Waals surface area contributed by atoms with E-state index < -0.39 is 11.8 Å². The molecule has 0 spiro atoms. The quantitative estimate of drug-likeness (QED) is 0.586. The zero-order valence-electron chi connectivity index (χ0n) is 12.4. The summed E-state index contributed by atoms with van der Waals surface area (Å²) < 4.78 is 10.5. The molecule has 0 fully saturated rings. The van der Waals surface area contributed by atoms with Crippen LogP contribution in [-0.2, 0) is 11.2 Å². The molecular weight excluding hydrogens is 252 g/mol. The summed E-state index contributed by atoms with van der Waals surface area (Å²) in [6.07, 6.45) is 0.264. The van der Waals surface area contributed by atoms with Gasteiger partial charge >= 0.3 is 6.16 Å². The summed E-state index contributed by atoms with van der Waals surface area (Å²) in [7, 11) is 0. The Balaban J connectivity index is 2.34. The van der Waals surface area contributed by atoms with Crippen molar-refractivity contribution in [3.05, 3.63) is 42.0 Å². The Hall–Kier alpha value is -2.03. The average Bonchev–Trinajstić information content (AvgIpc) is 2.36. The SMILES string of the molecule is CCc1cccc2c(OC(=O)OC(C)(C)C)cccc12.